The van der Waals surface area contributed by atoms with E-state index in [-0.39, 0.29) is 5.91 Å². The molecule has 114 valence electrons. The number of benzene rings is 1. The van der Waals surface area contributed by atoms with Crippen LogP contribution in [0.1, 0.15) is 35.2 Å². The van der Waals surface area contributed by atoms with Crippen LogP contribution in [0.15, 0.2) is 28.8 Å². The monoisotopic (exact) mass is 299 g/mol. The van der Waals surface area contributed by atoms with Crippen molar-refractivity contribution in [2.75, 3.05) is 0 Å². The highest BCUT2D eigenvalue weighted by atomic mass is 16.5. The Labute approximate surface area is 127 Å². The number of aromatic nitrogens is 4. The molecule has 22 heavy (non-hydrogen) atoms. The maximum Gasteiger partial charge on any atom is 0.251 e. The molecule has 0 bridgehead atoms. The van der Waals surface area contributed by atoms with Crippen LogP contribution in [-0.4, -0.2) is 26.1 Å². The average Bonchev–Trinajstić information content (AvgIpc) is 3.12. The zero-order valence-corrected chi connectivity index (χ0v) is 12.5. The maximum absolute atomic E-state index is 12.2. The van der Waals surface area contributed by atoms with Crippen molar-refractivity contribution >= 4 is 16.9 Å². The molecule has 0 aliphatic rings. The van der Waals surface area contributed by atoms with Gasteiger partial charge in [0.2, 0.25) is 0 Å². The largest absolute Gasteiger partial charge is 0.359 e. The summed E-state index contributed by atoms with van der Waals surface area (Å²) in [5, 5.41) is 14.7. The van der Waals surface area contributed by atoms with Gasteiger partial charge in [-0.3, -0.25) is 4.79 Å². The summed E-state index contributed by atoms with van der Waals surface area (Å²) in [5.74, 6) is 0.471. The van der Waals surface area contributed by atoms with Crippen LogP contribution in [0.4, 0.5) is 0 Å². The van der Waals surface area contributed by atoms with Gasteiger partial charge in [-0.25, -0.2) is 4.68 Å². The summed E-state index contributed by atoms with van der Waals surface area (Å²) in [5.41, 5.74) is 3.03. The second kappa shape index (κ2) is 5.97. The SMILES string of the molecule is CCCc1cc(CNC(=O)c2ccc3c(c2)nnn3C)on1. The third-order valence-electron chi connectivity index (χ3n) is 3.41. The lowest BCUT2D eigenvalue weighted by atomic mass is 10.2. The Bertz CT molecular complexity index is 805. The summed E-state index contributed by atoms with van der Waals surface area (Å²) in [6.07, 6.45) is 1.89. The molecule has 2 heterocycles. The first-order valence-electron chi connectivity index (χ1n) is 7.19. The predicted molar refractivity (Wildman–Crippen MR) is 80.2 cm³/mol. The van der Waals surface area contributed by atoms with Gasteiger partial charge in [0.15, 0.2) is 5.76 Å². The first-order valence-corrected chi connectivity index (χ1v) is 7.19. The molecule has 2 aromatic heterocycles. The van der Waals surface area contributed by atoms with Crippen molar-refractivity contribution in [2.45, 2.75) is 26.3 Å². The second-order valence-corrected chi connectivity index (χ2v) is 5.13. The molecule has 0 saturated heterocycles. The number of nitrogens with zero attached hydrogens (tertiary/aromatic N) is 4. The van der Waals surface area contributed by atoms with E-state index in [0.29, 0.717) is 23.4 Å². The minimum absolute atomic E-state index is 0.180. The Balaban J connectivity index is 1.67. The zero-order valence-electron chi connectivity index (χ0n) is 12.5. The topological polar surface area (TPSA) is 85.8 Å². The van der Waals surface area contributed by atoms with Gasteiger partial charge in [-0.05, 0) is 24.6 Å². The van der Waals surface area contributed by atoms with Crippen molar-refractivity contribution in [1.82, 2.24) is 25.5 Å². The molecule has 0 atom stereocenters. The molecule has 1 N–H and O–H groups in total. The Morgan fingerprint density at radius 3 is 3.05 bits per heavy atom. The molecule has 0 fully saturated rings. The first kappa shape index (κ1) is 14.2. The van der Waals surface area contributed by atoms with Crippen molar-refractivity contribution in [3.05, 3.63) is 41.3 Å². The highest BCUT2D eigenvalue weighted by Crippen LogP contribution is 2.13. The smallest absolute Gasteiger partial charge is 0.251 e. The van der Waals surface area contributed by atoms with E-state index < -0.39 is 0 Å². The number of hydrogen-bond acceptors (Lipinski definition) is 5. The minimum Gasteiger partial charge on any atom is -0.359 e. The predicted octanol–water partition coefficient (Wildman–Crippen LogP) is 1.84. The van der Waals surface area contributed by atoms with Crippen LogP contribution >= 0.6 is 0 Å². The van der Waals surface area contributed by atoms with Gasteiger partial charge in [0.25, 0.3) is 5.91 Å². The molecule has 1 aromatic carbocycles. The molecule has 1 amide bonds. The van der Waals surface area contributed by atoms with Gasteiger partial charge in [0.05, 0.1) is 17.8 Å². The Hall–Kier alpha value is -2.70. The number of hydrogen-bond donors (Lipinski definition) is 1. The molecular formula is C15H17N5O2. The quantitative estimate of drug-likeness (QED) is 0.777. The van der Waals surface area contributed by atoms with Gasteiger partial charge in [0.1, 0.15) is 5.52 Å². The van der Waals surface area contributed by atoms with E-state index >= 15 is 0 Å². The van der Waals surface area contributed by atoms with E-state index in [1.54, 1.807) is 16.8 Å². The van der Waals surface area contributed by atoms with Crippen LogP contribution in [-0.2, 0) is 20.0 Å². The number of fused-ring (bicyclic) bond motifs is 1. The van der Waals surface area contributed by atoms with Crippen LogP contribution in [0, 0.1) is 0 Å². The normalized spacial score (nSPS) is 11.0. The Kier molecular flexibility index (Phi) is 3.86. The van der Waals surface area contributed by atoms with Crippen molar-refractivity contribution in [3.63, 3.8) is 0 Å². The molecule has 7 heteroatoms. The lowest BCUT2D eigenvalue weighted by Gasteiger charge is -2.02. The molecule has 0 unspecified atom stereocenters. The number of aryl methyl sites for hydroxylation is 2. The van der Waals surface area contributed by atoms with Crippen molar-refractivity contribution in [1.29, 1.82) is 0 Å². The van der Waals surface area contributed by atoms with Crippen LogP contribution in [0.3, 0.4) is 0 Å². The second-order valence-electron chi connectivity index (χ2n) is 5.13. The number of carbonyl (C=O) groups is 1. The average molecular weight is 299 g/mol. The van der Waals surface area contributed by atoms with Gasteiger partial charge in [-0.2, -0.15) is 0 Å². The highest BCUT2D eigenvalue weighted by Gasteiger charge is 2.10. The fraction of sp³-hybridized carbons (Fsp3) is 0.333. The van der Waals surface area contributed by atoms with Gasteiger partial charge in [-0.15, -0.1) is 5.10 Å². The summed E-state index contributed by atoms with van der Waals surface area (Å²) in [6.45, 7) is 2.40. The van der Waals surface area contributed by atoms with Gasteiger partial charge in [0, 0.05) is 18.7 Å². The third kappa shape index (κ3) is 2.83. The number of rotatable bonds is 5. The van der Waals surface area contributed by atoms with Crippen LogP contribution in [0.25, 0.3) is 11.0 Å². The fourth-order valence-corrected chi connectivity index (χ4v) is 2.26. The van der Waals surface area contributed by atoms with Gasteiger partial charge >= 0.3 is 0 Å². The maximum atomic E-state index is 12.2. The lowest BCUT2D eigenvalue weighted by molar-refractivity contribution is 0.0947. The summed E-state index contributed by atoms with van der Waals surface area (Å²) in [6, 6.07) is 7.18. The molecule has 3 rings (SSSR count). The zero-order chi connectivity index (χ0) is 15.5. The van der Waals surface area contributed by atoms with E-state index in [2.05, 4.69) is 27.7 Å². The molecule has 0 spiro atoms. The third-order valence-corrected chi connectivity index (χ3v) is 3.41. The summed E-state index contributed by atoms with van der Waals surface area (Å²) in [7, 11) is 1.81. The number of amides is 1. The summed E-state index contributed by atoms with van der Waals surface area (Å²) >= 11 is 0. The molecule has 0 saturated carbocycles. The number of nitrogens with one attached hydrogen (secondary N) is 1. The molecule has 0 radical (unpaired) electrons. The van der Waals surface area contributed by atoms with Gasteiger partial charge in [-0.1, -0.05) is 23.7 Å². The summed E-state index contributed by atoms with van der Waals surface area (Å²) < 4.78 is 6.85. The molecule has 7 nitrogen and oxygen atoms in total. The van der Waals surface area contributed by atoms with E-state index in [4.69, 9.17) is 4.52 Å². The van der Waals surface area contributed by atoms with Crippen molar-refractivity contribution in [2.24, 2.45) is 7.05 Å². The van der Waals surface area contributed by atoms with E-state index in [1.165, 1.54) is 0 Å². The van der Waals surface area contributed by atoms with E-state index in [9.17, 15) is 4.79 Å². The molecule has 0 aliphatic carbocycles. The van der Waals surface area contributed by atoms with Crippen molar-refractivity contribution < 1.29 is 9.32 Å². The van der Waals surface area contributed by atoms with Crippen LogP contribution in [0.2, 0.25) is 0 Å². The van der Waals surface area contributed by atoms with E-state index in [0.717, 1.165) is 24.1 Å². The first-order chi connectivity index (χ1) is 10.7. The van der Waals surface area contributed by atoms with Crippen LogP contribution in [0.5, 0.6) is 0 Å². The van der Waals surface area contributed by atoms with Crippen molar-refractivity contribution in [3.8, 4) is 0 Å². The fourth-order valence-electron chi connectivity index (χ4n) is 2.26. The highest BCUT2D eigenvalue weighted by molar-refractivity contribution is 5.97. The van der Waals surface area contributed by atoms with Gasteiger partial charge < -0.3 is 9.84 Å². The standard InChI is InChI=1S/C15H17N5O2/c1-3-4-11-8-12(22-18-11)9-16-15(21)10-5-6-14-13(7-10)17-19-20(14)2/h5-8H,3-4,9H2,1-2H3,(H,16,21). The minimum atomic E-state index is -0.180. The molecular weight excluding hydrogens is 282 g/mol. The Morgan fingerprint density at radius 1 is 1.36 bits per heavy atom. The lowest BCUT2D eigenvalue weighted by Crippen LogP contribution is -2.22. The molecule has 0 aliphatic heterocycles. The molecule has 3 aromatic rings. The van der Waals surface area contributed by atoms with E-state index in [1.807, 2.05) is 19.2 Å². The Morgan fingerprint density at radius 2 is 2.23 bits per heavy atom. The summed E-state index contributed by atoms with van der Waals surface area (Å²) in [4.78, 5) is 12.2. The van der Waals surface area contributed by atoms with Crippen LogP contribution < -0.4 is 5.32 Å². The number of carbonyl (C=O) groups excluding carboxylic acids is 1.